The molecule has 0 aliphatic heterocycles. The second-order valence-electron chi connectivity index (χ2n) is 7.23. The molecule has 1 atom stereocenters. The molecule has 1 aromatic rings. The third-order valence-electron chi connectivity index (χ3n) is 3.82. The van der Waals surface area contributed by atoms with Crippen molar-refractivity contribution in [3.8, 4) is 5.75 Å². The fourth-order valence-corrected chi connectivity index (χ4v) is 3.04. The average molecular weight is 515 g/mol. The van der Waals surface area contributed by atoms with Gasteiger partial charge in [-0.05, 0) is 43.0 Å². The van der Waals surface area contributed by atoms with Crippen LogP contribution in [0.2, 0.25) is 0 Å². The maximum absolute atomic E-state index is 12.9. The summed E-state index contributed by atoms with van der Waals surface area (Å²) < 4.78 is 41.3. The number of hydrogen-bond donors (Lipinski definition) is 2. The quantitative estimate of drug-likeness (QED) is 0.301. The molecule has 0 radical (unpaired) electrons. The Kier molecular flexibility index (Phi) is 11.2. The Balaban J connectivity index is 0.00000676. The van der Waals surface area contributed by atoms with Crippen LogP contribution >= 0.6 is 24.0 Å². The van der Waals surface area contributed by atoms with Crippen LogP contribution in [0, 0.1) is 11.2 Å². The molecule has 0 heterocycles. The lowest BCUT2D eigenvalue weighted by Crippen LogP contribution is -2.45. The van der Waals surface area contributed by atoms with Crippen LogP contribution in [0.1, 0.15) is 27.2 Å². The first-order valence-corrected chi connectivity index (χ1v) is 10.6. The fourth-order valence-electron chi connectivity index (χ4n) is 2.12. The monoisotopic (exact) mass is 515 g/mol. The summed E-state index contributed by atoms with van der Waals surface area (Å²) in [5, 5.41) is 6.38. The first-order chi connectivity index (χ1) is 12.0. The Hall–Kier alpha value is -1.10. The van der Waals surface area contributed by atoms with Crippen molar-refractivity contribution >= 4 is 39.8 Å². The Morgan fingerprint density at radius 3 is 2.37 bits per heavy atom. The summed E-state index contributed by atoms with van der Waals surface area (Å²) in [5.41, 5.74) is -0.184. The summed E-state index contributed by atoms with van der Waals surface area (Å²) in [6, 6.07) is 5.88. The minimum absolute atomic E-state index is 0. The lowest BCUT2D eigenvalue weighted by Gasteiger charge is -2.26. The summed E-state index contributed by atoms with van der Waals surface area (Å²) in [6.07, 6.45) is 1.68. The molecule has 0 aliphatic carbocycles. The molecule has 0 fully saturated rings. The van der Waals surface area contributed by atoms with Crippen molar-refractivity contribution in [2.45, 2.75) is 33.3 Å². The number of benzene rings is 1. The molecular formula is C18H31FIN3O3S. The number of nitrogens with zero attached hydrogens (tertiary/aromatic N) is 1. The topological polar surface area (TPSA) is 79.8 Å². The molecule has 2 N–H and O–H groups in total. The fraction of sp³-hybridized carbons (Fsp3) is 0.611. The molecule has 0 aromatic heterocycles. The zero-order chi connectivity index (χ0) is 19.8. The standard InChI is InChI=1S/C18H30FN3O3S.HI/c1-14(25-16-8-6-15(19)7-9-16)12-21-17(20-4)22-13-18(2,3)10-11-26(5,23)24;/h6-9,14H,10-13H2,1-5H3,(H2,20,21,22);1H. The first kappa shape index (κ1) is 25.9. The van der Waals surface area contributed by atoms with Crippen molar-refractivity contribution in [1.29, 1.82) is 0 Å². The maximum Gasteiger partial charge on any atom is 0.191 e. The number of sulfone groups is 1. The SMILES string of the molecule is CN=C(NCC(C)Oc1ccc(F)cc1)NCC(C)(C)CCS(C)(=O)=O.I. The molecule has 0 spiro atoms. The molecule has 156 valence electrons. The van der Waals surface area contributed by atoms with Crippen LogP contribution in [-0.4, -0.2) is 52.6 Å². The van der Waals surface area contributed by atoms with Gasteiger partial charge in [0.1, 0.15) is 27.5 Å². The van der Waals surface area contributed by atoms with Crippen molar-refractivity contribution in [2.24, 2.45) is 10.4 Å². The van der Waals surface area contributed by atoms with E-state index in [1.54, 1.807) is 19.2 Å². The normalized spacial score (nSPS) is 13.5. The second kappa shape index (κ2) is 11.7. The Morgan fingerprint density at radius 1 is 1.26 bits per heavy atom. The number of hydrogen-bond acceptors (Lipinski definition) is 4. The third-order valence-corrected chi connectivity index (χ3v) is 4.76. The number of nitrogens with one attached hydrogen (secondary N) is 2. The summed E-state index contributed by atoms with van der Waals surface area (Å²) in [4.78, 5) is 4.16. The highest BCUT2D eigenvalue weighted by Gasteiger charge is 2.20. The highest BCUT2D eigenvalue weighted by molar-refractivity contribution is 14.0. The van der Waals surface area contributed by atoms with E-state index in [9.17, 15) is 12.8 Å². The van der Waals surface area contributed by atoms with Crippen LogP contribution in [-0.2, 0) is 9.84 Å². The van der Waals surface area contributed by atoms with E-state index < -0.39 is 9.84 Å². The molecule has 1 aromatic carbocycles. The lowest BCUT2D eigenvalue weighted by molar-refractivity contribution is 0.223. The first-order valence-electron chi connectivity index (χ1n) is 8.55. The van der Waals surface area contributed by atoms with Gasteiger partial charge in [-0.3, -0.25) is 4.99 Å². The summed E-state index contributed by atoms with van der Waals surface area (Å²) in [6.45, 7) is 7.04. The predicted octanol–water partition coefficient (Wildman–Crippen LogP) is 2.84. The molecule has 1 rings (SSSR count). The van der Waals surface area contributed by atoms with Gasteiger partial charge in [-0.2, -0.15) is 0 Å². The van der Waals surface area contributed by atoms with Crippen LogP contribution < -0.4 is 15.4 Å². The largest absolute Gasteiger partial charge is 0.489 e. The van der Waals surface area contributed by atoms with Crippen LogP contribution in [0.4, 0.5) is 4.39 Å². The van der Waals surface area contributed by atoms with E-state index in [2.05, 4.69) is 15.6 Å². The van der Waals surface area contributed by atoms with Crippen LogP contribution in [0.25, 0.3) is 0 Å². The lowest BCUT2D eigenvalue weighted by atomic mass is 9.90. The van der Waals surface area contributed by atoms with Crippen molar-refractivity contribution in [2.75, 3.05) is 32.1 Å². The van der Waals surface area contributed by atoms with E-state index in [4.69, 9.17) is 4.74 Å². The van der Waals surface area contributed by atoms with Crippen LogP contribution in [0.3, 0.4) is 0 Å². The highest BCUT2D eigenvalue weighted by atomic mass is 127. The van der Waals surface area contributed by atoms with Crippen molar-refractivity contribution in [1.82, 2.24) is 10.6 Å². The van der Waals surface area contributed by atoms with Gasteiger partial charge in [-0.1, -0.05) is 13.8 Å². The highest BCUT2D eigenvalue weighted by Crippen LogP contribution is 2.19. The van der Waals surface area contributed by atoms with E-state index in [-0.39, 0.29) is 47.1 Å². The van der Waals surface area contributed by atoms with E-state index >= 15 is 0 Å². The summed E-state index contributed by atoms with van der Waals surface area (Å²) >= 11 is 0. The number of rotatable bonds is 9. The van der Waals surface area contributed by atoms with E-state index in [1.165, 1.54) is 18.4 Å². The molecule has 0 bridgehead atoms. The van der Waals surface area contributed by atoms with Crippen molar-refractivity contribution < 1.29 is 17.5 Å². The third kappa shape index (κ3) is 12.1. The molecule has 27 heavy (non-hydrogen) atoms. The smallest absolute Gasteiger partial charge is 0.191 e. The summed E-state index contributed by atoms with van der Waals surface area (Å²) in [5.74, 6) is 1.08. The van der Waals surface area contributed by atoms with Gasteiger partial charge in [-0.15, -0.1) is 24.0 Å². The predicted molar refractivity (Wildman–Crippen MR) is 119 cm³/mol. The van der Waals surface area contributed by atoms with Gasteiger partial charge in [0.2, 0.25) is 0 Å². The minimum Gasteiger partial charge on any atom is -0.489 e. The summed E-state index contributed by atoms with van der Waals surface area (Å²) in [7, 11) is -1.30. The van der Waals surface area contributed by atoms with Gasteiger partial charge in [0.25, 0.3) is 0 Å². The van der Waals surface area contributed by atoms with Crippen molar-refractivity contribution in [3.63, 3.8) is 0 Å². The van der Waals surface area contributed by atoms with Gasteiger partial charge < -0.3 is 15.4 Å². The van der Waals surface area contributed by atoms with Crippen molar-refractivity contribution in [3.05, 3.63) is 30.1 Å². The van der Waals surface area contributed by atoms with E-state index in [1.807, 2.05) is 20.8 Å². The minimum atomic E-state index is -2.97. The second-order valence-corrected chi connectivity index (χ2v) is 9.49. The van der Waals surface area contributed by atoms with Gasteiger partial charge in [0.05, 0.1) is 12.3 Å². The molecule has 0 saturated heterocycles. The van der Waals surface area contributed by atoms with E-state index in [0.29, 0.717) is 31.2 Å². The number of halogens is 2. The molecule has 0 amide bonds. The Bertz CT molecular complexity index is 694. The average Bonchev–Trinajstić information content (AvgIpc) is 2.55. The molecular weight excluding hydrogens is 484 g/mol. The van der Waals surface area contributed by atoms with Gasteiger partial charge in [0, 0.05) is 19.8 Å². The Labute approximate surface area is 179 Å². The maximum atomic E-state index is 12.9. The van der Waals surface area contributed by atoms with E-state index in [0.717, 1.165) is 0 Å². The number of ether oxygens (including phenoxy) is 1. The Morgan fingerprint density at radius 2 is 1.85 bits per heavy atom. The van der Waals surface area contributed by atoms with Crippen LogP contribution in [0.5, 0.6) is 5.75 Å². The van der Waals surface area contributed by atoms with Gasteiger partial charge in [-0.25, -0.2) is 12.8 Å². The molecule has 1 unspecified atom stereocenters. The van der Waals surface area contributed by atoms with Gasteiger partial charge >= 0.3 is 0 Å². The zero-order valence-electron chi connectivity index (χ0n) is 16.6. The molecule has 6 nitrogen and oxygen atoms in total. The number of guanidine groups is 1. The van der Waals surface area contributed by atoms with Gasteiger partial charge in [0.15, 0.2) is 5.96 Å². The zero-order valence-corrected chi connectivity index (χ0v) is 19.7. The molecule has 0 aliphatic rings. The molecule has 0 saturated carbocycles. The van der Waals surface area contributed by atoms with Crippen LogP contribution in [0.15, 0.2) is 29.3 Å². The molecule has 9 heteroatoms. The number of aliphatic imine (C=N–C) groups is 1.